The number of anilines is 2. The van der Waals surface area contributed by atoms with Crippen LogP contribution in [0.2, 0.25) is 0 Å². The first-order valence-corrected chi connectivity index (χ1v) is 8.76. The van der Waals surface area contributed by atoms with E-state index in [0.717, 1.165) is 16.8 Å². The maximum absolute atomic E-state index is 12.7. The molecule has 0 saturated heterocycles. The quantitative estimate of drug-likeness (QED) is 0.790. The molecule has 0 atom stereocenters. The third kappa shape index (κ3) is 4.54. The zero-order valence-corrected chi connectivity index (χ0v) is 17.1. The van der Waals surface area contributed by atoms with Crippen molar-refractivity contribution >= 4 is 23.2 Å². The van der Waals surface area contributed by atoms with Crippen molar-refractivity contribution in [2.24, 2.45) is 0 Å². The first-order valence-electron chi connectivity index (χ1n) is 8.76. The Morgan fingerprint density at radius 2 is 1.50 bits per heavy atom. The van der Waals surface area contributed by atoms with Crippen molar-refractivity contribution in [3.05, 3.63) is 41.5 Å². The number of amides is 2. The Balaban J connectivity index is 2.28. The minimum Gasteiger partial charge on any atom is -0.493 e. The number of ether oxygens (including phenoxy) is 3. The smallest absolute Gasteiger partial charge is 0.244 e. The van der Waals surface area contributed by atoms with Crippen molar-refractivity contribution in [1.82, 2.24) is 0 Å². The molecule has 0 aliphatic carbocycles. The molecule has 0 heterocycles. The topological polar surface area (TPSA) is 77.1 Å². The Morgan fingerprint density at radius 1 is 0.964 bits per heavy atom. The zero-order chi connectivity index (χ0) is 20.8. The van der Waals surface area contributed by atoms with Gasteiger partial charge in [-0.2, -0.15) is 0 Å². The molecule has 150 valence electrons. The van der Waals surface area contributed by atoms with Gasteiger partial charge >= 0.3 is 0 Å². The fraction of sp³-hybridized carbons (Fsp3) is 0.333. The predicted molar refractivity (Wildman–Crippen MR) is 109 cm³/mol. The van der Waals surface area contributed by atoms with Crippen LogP contribution < -0.4 is 24.4 Å². The van der Waals surface area contributed by atoms with Gasteiger partial charge < -0.3 is 24.4 Å². The molecule has 2 rings (SSSR count). The predicted octanol–water partition coefficient (Wildman–Crippen LogP) is 3.32. The van der Waals surface area contributed by atoms with Gasteiger partial charge in [0.05, 0.1) is 27.0 Å². The van der Waals surface area contributed by atoms with Crippen molar-refractivity contribution < 1.29 is 23.8 Å². The Bertz CT molecular complexity index is 834. The number of hydrogen-bond donors (Lipinski definition) is 1. The molecule has 0 unspecified atom stereocenters. The van der Waals surface area contributed by atoms with Crippen LogP contribution in [0.15, 0.2) is 30.3 Å². The first kappa shape index (κ1) is 21.1. The molecule has 2 aromatic rings. The number of methoxy groups -OCH3 is 3. The van der Waals surface area contributed by atoms with Gasteiger partial charge in [-0.05, 0) is 25.0 Å². The van der Waals surface area contributed by atoms with Crippen LogP contribution in [0.4, 0.5) is 11.4 Å². The summed E-state index contributed by atoms with van der Waals surface area (Å²) >= 11 is 0. The van der Waals surface area contributed by atoms with Gasteiger partial charge in [0, 0.05) is 24.7 Å². The monoisotopic (exact) mass is 386 g/mol. The SMILES string of the molecule is COc1cc(NC(=O)CN(C(C)=O)c2c(C)cccc2C)cc(OC)c1OC. The maximum atomic E-state index is 12.7. The average molecular weight is 386 g/mol. The second-order valence-electron chi connectivity index (χ2n) is 6.31. The number of benzene rings is 2. The van der Waals surface area contributed by atoms with Crippen LogP contribution in [-0.2, 0) is 9.59 Å². The van der Waals surface area contributed by atoms with Crippen molar-refractivity contribution in [1.29, 1.82) is 0 Å². The fourth-order valence-corrected chi connectivity index (χ4v) is 3.08. The summed E-state index contributed by atoms with van der Waals surface area (Å²) in [6.45, 7) is 5.15. The van der Waals surface area contributed by atoms with Crippen LogP contribution >= 0.6 is 0 Å². The largest absolute Gasteiger partial charge is 0.493 e. The molecule has 2 aromatic carbocycles. The lowest BCUT2D eigenvalue weighted by Crippen LogP contribution is -2.37. The number of carbonyl (C=O) groups is 2. The van der Waals surface area contributed by atoms with Crippen LogP contribution in [0.3, 0.4) is 0 Å². The molecule has 0 aromatic heterocycles. The van der Waals surface area contributed by atoms with Gasteiger partial charge in [0.2, 0.25) is 17.6 Å². The number of nitrogens with zero attached hydrogens (tertiary/aromatic N) is 1. The Kier molecular flexibility index (Phi) is 6.87. The lowest BCUT2D eigenvalue weighted by Gasteiger charge is -2.24. The first-order chi connectivity index (χ1) is 13.3. The van der Waals surface area contributed by atoms with E-state index in [-0.39, 0.29) is 18.4 Å². The molecule has 7 heteroatoms. The van der Waals surface area contributed by atoms with Crippen molar-refractivity contribution in [2.45, 2.75) is 20.8 Å². The fourth-order valence-electron chi connectivity index (χ4n) is 3.08. The summed E-state index contributed by atoms with van der Waals surface area (Å²) in [5, 5.41) is 2.79. The van der Waals surface area contributed by atoms with E-state index in [1.54, 1.807) is 12.1 Å². The van der Waals surface area contributed by atoms with Gasteiger partial charge in [0.1, 0.15) is 6.54 Å². The van der Waals surface area contributed by atoms with Gasteiger partial charge in [0.15, 0.2) is 11.5 Å². The third-order valence-electron chi connectivity index (χ3n) is 4.34. The van der Waals surface area contributed by atoms with Gasteiger partial charge in [-0.25, -0.2) is 0 Å². The lowest BCUT2D eigenvalue weighted by atomic mass is 10.1. The molecule has 0 saturated carbocycles. The standard InChI is InChI=1S/C21H26N2O5/c1-13-8-7-9-14(2)20(13)23(15(3)24)12-19(25)22-16-10-17(26-4)21(28-6)18(11-16)27-5/h7-11H,12H2,1-6H3,(H,22,25). The summed E-state index contributed by atoms with van der Waals surface area (Å²) in [6, 6.07) is 9.01. The molecule has 0 spiro atoms. The average Bonchev–Trinajstić information content (AvgIpc) is 2.65. The van der Waals surface area contributed by atoms with Crippen LogP contribution in [0.5, 0.6) is 17.2 Å². The summed E-state index contributed by atoms with van der Waals surface area (Å²) in [4.78, 5) is 26.3. The van der Waals surface area contributed by atoms with E-state index < -0.39 is 0 Å². The molecule has 0 aliphatic heterocycles. The van der Waals surface area contributed by atoms with Gasteiger partial charge in [0.25, 0.3) is 0 Å². The molecule has 0 aliphatic rings. The van der Waals surface area contributed by atoms with Crippen molar-refractivity contribution in [2.75, 3.05) is 38.1 Å². The van der Waals surface area contributed by atoms with E-state index in [1.165, 1.54) is 33.2 Å². The Hall–Kier alpha value is -3.22. The molecular formula is C21H26N2O5. The molecule has 1 N–H and O–H groups in total. The normalized spacial score (nSPS) is 10.2. The van der Waals surface area contributed by atoms with Crippen LogP contribution in [0.25, 0.3) is 0 Å². The molecular weight excluding hydrogens is 360 g/mol. The maximum Gasteiger partial charge on any atom is 0.244 e. The number of nitrogens with one attached hydrogen (secondary N) is 1. The molecule has 7 nitrogen and oxygen atoms in total. The highest BCUT2D eigenvalue weighted by Crippen LogP contribution is 2.40. The second-order valence-corrected chi connectivity index (χ2v) is 6.31. The van der Waals surface area contributed by atoms with E-state index in [1.807, 2.05) is 32.0 Å². The molecule has 28 heavy (non-hydrogen) atoms. The van der Waals surface area contributed by atoms with Crippen LogP contribution in [-0.4, -0.2) is 39.7 Å². The van der Waals surface area contributed by atoms with Crippen LogP contribution in [0.1, 0.15) is 18.1 Å². The zero-order valence-electron chi connectivity index (χ0n) is 17.1. The van der Waals surface area contributed by atoms with E-state index in [2.05, 4.69) is 5.32 Å². The number of aryl methyl sites for hydroxylation is 2. The van der Waals surface area contributed by atoms with E-state index in [0.29, 0.717) is 22.9 Å². The van der Waals surface area contributed by atoms with E-state index in [9.17, 15) is 9.59 Å². The van der Waals surface area contributed by atoms with Crippen molar-refractivity contribution in [3.63, 3.8) is 0 Å². The minimum absolute atomic E-state index is 0.113. The molecule has 2 amide bonds. The Labute approximate surface area is 165 Å². The van der Waals surface area contributed by atoms with Crippen LogP contribution in [0, 0.1) is 13.8 Å². The molecule has 0 fully saturated rings. The summed E-state index contributed by atoms with van der Waals surface area (Å²) in [5.74, 6) is 0.735. The van der Waals surface area contributed by atoms with Gasteiger partial charge in [-0.3, -0.25) is 9.59 Å². The summed E-state index contributed by atoms with van der Waals surface area (Å²) < 4.78 is 15.9. The highest BCUT2D eigenvalue weighted by atomic mass is 16.5. The Morgan fingerprint density at radius 3 is 1.93 bits per heavy atom. The number of para-hydroxylation sites is 1. The number of rotatable bonds is 7. The van der Waals surface area contributed by atoms with E-state index >= 15 is 0 Å². The lowest BCUT2D eigenvalue weighted by molar-refractivity contribution is -0.120. The summed E-state index contributed by atoms with van der Waals surface area (Å²) in [7, 11) is 4.51. The summed E-state index contributed by atoms with van der Waals surface area (Å²) in [5.41, 5.74) is 3.08. The highest BCUT2D eigenvalue weighted by molar-refractivity contribution is 6.02. The number of hydrogen-bond acceptors (Lipinski definition) is 5. The minimum atomic E-state index is -0.341. The second kappa shape index (κ2) is 9.12. The van der Waals surface area contributed by atoms with Gasteiger partial charge in [-0.15, -0.1) is 0 Å². The highest BCUT2D eigenvalue weighted by Gasteiger charge is 2.20. The molecule has 0 radical (unpaired) electrons. The third-order valence-corrected chi connectivity index (χ3v) is 4.34. The number of carbonyl (C=O) groups excluding carboxylic acids is 2. The van der Waals surface area contributed by atoms with Gasteiger partial charge in [-0.1, -0.05) is 18.2 Å². The van der Waals surface area contributed by atoms with E-state index in [4.69, 9.17) is 14.2 Å². The van der Waals surface area contributed by atoms with Crippen molar-refractivity contribution in [3.8, 4) is 17.2 Å². The molecule has 0 bridgehead atoms. The summed E-state index contributed by atoms with van der Waals surface area (Å²) in [6.07, 6.45) is 0.